The van der Waals surface area contributed by atoms with Crippen molar-refractivity contribution in [1.29, 1.82) is 0 Å². The lowest BCUT2D eigenvalue weighted by atomic mass is 9.98. The molecule has 0 unspecified atom stereocenters. The molecule has 3 rings (SSSR count). The monoisotopic (exact) mass is 314 g/mol. The molecule has 5 heteroatoms. The van der Waals surface area contributed by atoms with E-state index in [2.05, 4.69) is 11.4 Å². The van der Waals surface area contributed by atoms with Gasteiger partial charge in [0, 0.05) is 18.8 Å². The summed E-state index contributed by atoms with van der Waals surface area (Å²) in [7, 11) is 0. The van der Waals surface area contributed by atoms with Gasteiger partial charge in [0.05, 0.1) is 10.8 Å². The number of hydrogen-bond donors (Lipinski definition) is 1. The fourth-order valence-electron chi connectivity index (χ4n) is 2.66. The zero-order valence-corrected chi connectivity index (χ0v) is 13.4. The normalized spacial score (nSPS) is 14.5. The number of rotatable bonds is 3. The molecule has 2 heterocycles. The Balaban J connectivity index is 1.56. The van der Waals surface area contributed by atoms with E-state index in [-0.39, 0.29) is 17.7 Å². The number of likely N-dealkylation sites (tertiary alicyclic amines) is 1. The van der Waals surface area contributed by atoms with Gasteiger partial charge in [-0.15, -0.1) is 11.3 Å². The Labute approximate surface area is 133 Å². The smallest absolute Gasteiger partial charge is 0.263 e. The number of anilines is 1. The second-order valence-electron chi connectivity index (χ2n) is 5.75. The maximum atomic E-state index is 12.2. The lowest BCUT2D eigenvalue weighted by molar-refractivity contribution is -0.123. The summed E-state index contributed by atoms with van der Waals surface area (Å²) in [5.41, 5.74) is 3.07. The number of thiophene rings is 1. The number of benzene rings is 1. The van der Waals surface area contributed by atoms with Crippen molar-refractivity contribution in [3.05, 3.63) is 51.7 Å². The molecule has 0 saturated carbocycles. The Bertz CT molecular complexity index is 683. The Kier molecular flexibility index (Phi) is 3.98. The minimum atomic E-state index is -0.121. The number of carbonyl (C=O) groups is 2. The minimum absolute atomic E-state index is 0.0137. The molecule has 1 N–H and O–H groups in total. The molecule has 22 heavy (non-hydrogen) atoms. The predicted octanol–water partition coefficient (Wildman–Crippen LogP) is 3.08. The van der Waals surface area contributed by atoms with Crippen molar-refractivity contribution in [1.82, 2.24) is 4.90 Å². The number of nitrogens with one attached hydrogen (secondary N) is 1. The molecule has 1 saturated heterocycles. The van der Waals surface area contributed by atoms with Crippen molar-refractivity contribution < 1.29 is 9.59 Å². The fraction of sp³-hybridized carbons (Fsp3) is 0.294. The number of hydrogen-bond acceptors (Lipinski definition) is 3. The molecular formula is C17H18N2O2S. The maximum Gasteiger partial charge on any atom is 0.263 e. The van der Waals surface area contributed by atoms with Gasteiger partial charge in [-0.2, -0.15) is 0 Å². The Morgan fingerprint density at radius 2 is 1.86 bits per heavy atom. The Morgan fingerprint density at radius 3 is 2.45 bits per heavy atom. The molecule has 0 spiro atoms. The molecule has 0 bridgehead atoms. The lowest BCUT2D eigenvalue weighted by Crippen LogP contribution is -2.54. The largest absolute Gasteiger partial charge is 0.336 e. The SMILES string of the molecule is Cc1cc(C)cc(NC(=O)C2CN(C(=O)c3cccs3)C2)c1. The van der Waals surface area contributed by atoms with Gasteiger partial charge in [0.25, 0.3) is 5.91 Å². The molecule has 114 valence electrons. The van der Waals surface area contributed by atoms with Crippen molar-refractivity contribution in [3.8, 4) is 0 Å². The van der Waals surface area contributed by atoms with Crippen LogP contribution in [0, 0.1) is 19.8 Å². The van der Waals surface area contributed by atoms with E-state index in [0.29, 0.717) is 13.1 Å². The summed E-state index contributed by atoms with van der Waals surface area (Å²) in [6.07, 6.45) is 0. The quantitative estimate of drug-likeness (QED) is 0.946. The van der Waals surface area contributed by atoms with Crippen molar-refractivity contribution in [3.63, 3.8) is 0 Å². The molecule has 0 aliphatic carbocycles. The van der Waals surface area contributed by atoms with Crippen LogP contribution in [-0.2, 0) is 4.79 Å². The third-order valence-electron chi connectivity index (χ3n) is 3.76. The third-order valence-corrected chi connectivity index (χ3v) is 4.62. The van der Waals surface area contributed by atoms with Gasteiger partial charge in [0.15, 0.2) is 0 Å². The third kappa shape index (κ3) is 3.04. The van der Waals surface area contributed by atoms with E-state index in [1.165, 1.54) is 11.3 Å². The van der Waals surface area contributed by atoms with Crippen molar-refractivity contribution in [2.24, 2.45) is 5.92 Å². The van der Waals surface area contributed by atoms with E-state index in [4.69, 9.17) is 0 Å². The lowest BCUT2D eigenvalue weighted by Gasteiger charge is -2.37. The summed E-state index contributed by atoms with van der Waals surface area (Å²) in [6, 6.07) is 9.66. The summed E-state index contributed by atoms with van der Waals surface area (Å²) in [5, 5.41) is 4.83. The van der Waals surface area contributed by atoms with Crippen LogP contribution in [0.3, 0.4) is 0 Å². The van der Waals surface area contributed by atoms with Crippen molar-refractivity contribution in [2.45, 2.75) is 13.8 Å². The highest BCUT2D eigenvalue weighted by Gasteiger charge is 2.36. The summed E-state index contributed by atoms with van der Waals surface area (Å²) < 4.78 is 0. The maximum absolute atomic E-state index is 12.2. The summed E-state index contributed by atoms with van der Waals surface area (Å²) in [4.78, 5) is 26.8. The van der Waals surface area contributed by atoms with Crippen LogP contribution in [0.4, 0.5) is 5.69 Å². The molecule has 4 nitrogen and oxygen atoms in total. The summed E-state index contributed by atoms with van der Waals surface area (Å²) in [6.45, 7) is 5.00. The first-order chi connectivity index (χ1) is 10.5. The highest BCUT2D eigenvalue weighted by atomic mass is 32.1. The van der Waals surface area contributed by atoms with Gasteiger partial charge in [0.2, 0.25) is 5.91 Å². The molecule has 1 aromatic carbocycles. The molecule has 0 radical (unpaired) electrons. The number of aryl methyl sites for hydroxylation is 2. The molecule has 1 aliphatic heterocycles. The molecule has 2 amide bonds. The van der Waals surface area contributed by atoms with Gasteiger partial charge in [-0.05, 0) is 48.6 Å². The highest BCUT2D eigenvalue weighted by molar-refractivity contribution is 7.12. The molecule has 0 atom stereocenters. The standard InChI is InChI=1S/C17H18N2O2S/c1-11-6-12(2)8-14(7-11)18-16(20)13-9-19(10-13)17(21)15-4-3-5-22-15/h3-8,13H,9-10H2,1-2H3,(H,18,20). The Hall–Kier alpha value is -2.14. The van der Waals surface area contributed by atoms with Crippen LogP contribution in [0.2, 0.25) is 0 Å². The Morgan fingerprint density at radius 1 is 1.18 bits per heavy atom. The molecule has 2 aromatic rings. The fourth-order valence-corrected chi connectivity index (χ4v) is 3.35. The number of amides is 2. The topological polar surface area (TPSA) is 49.4 Å². The van der Waals surface area contributed by atoms with E-state index in [0.717, 1.165) is 21.7 Å². The number of nitrogens with zero attached hydrogens (tertiary/aromatic N) is 1. The van der Waals surface area contributed by atoms with Crippen LogP contribution in [0.5, 0.6) is 0 Å². The van der Waals surface area contributed by atoms with E-state index >= 15 is 0 Å². The van der Waals surface area contributed by atoms with Gasteiger partial charge in [0.1, 0.15) is 0 Å². The first-order valence-electron chi connectivity index (χ1n) is 7.25. The van der Waals surface area contributed by atoms with E-state index in [1.807, 2.05) is 43.5 Å². The number of carbonyl (C=O) groups excluding carboxylic acids is 2. The van der Waals surface area contributed by atoms with Crippen LogP contribution >= 0.6 is 11.3 Å². The van der Waals surface area contributed by atoms with Crippen molar-refractivity contribution >= 4 is 28.8 Å². The van der Waals surface area contributed by atoms with Crippen LogP contribution in [0.25, 0.3) is 0 Å². The predicted molar refractivity (Wildman–Crippen MR) is 88.3 cm³/mol. The second kappa shape index (κ2) is 5.93. The highest BCUT2D eigenvalue weighted by Crippen LogP contribution is 2.23. The molecule has 1 aromatic heterocycles. The van der Waals surface area contributed by atoms with Crippen LogP contribution in [-0.4, -0.2) is 29.8 Å². The van der Waals surface area contributed by atoms with Gasteiger partial charge >= 0.3 is 0 Å². The van der Waals surface area contributed by atoms with Gasteiger partial charge in [-0.1, -0.05) is 12.1 Å². The van der Waals surface area contributed by atoms with E-state index in [9.17, 15) is 9.59 Å². The first kappa shape index (κ1) is 14.8. The van der Waals surface area contributed by atoms with Gasteiger partial charge < -0.3 is 10.2 Å². The zero-order valence-electron chi connectivity index (χ0n) is 12.6. The van der Waals surface area contributed by atoms with Crippen molar-refractivity contribution in [2.75, 3.05) is 18.4 Å². The summed E-state index contributed by atoms with van der Waals surface area (Å²) >= 11 is 1.43. The second-order valence-corrected chi connectivity index (χ2v) is 6.70. The average molecular weight is 314 g/mol. The van der Waals surface area contributed by atoms with Gasteiger partial charge in [-0.25, -0.2) is 0 Å². The van der Waals surface area contributed by atoms with Gasteiger partial charge in [-0.3, -0.25) is 9.59 Å². The molecular weight excluding hydrogens is 296 g/mol. The minimum Gasteiger partial charge on any atom is -0.336 e. The van der Waals surface area contributed by atoms with E-state index in [1.54, 1.807) is 4.90 Å². The first-order valence-corrected chi connectivity index (χ1v) is 8.13. The van der Waals surface area contributed by atoms with Crippen LogP contribution in [0.1, 0.15) is 20.8 Å². The van der Waals surface area contributed by atoms with Crippen LogP contribution in [0.15, 0.2) is 35.7 Å². The average Bonchev–Trinajstić information content (AvgIpc) is 2.88. The van der Waals surface area contributed by atoms with Crippen LogP contribution < -0.4 is 5.32 Å². The summed E-state index contributed by atoms with van der Waals surface area (Å²) in [5.74, 6) is -0.115. The molecule has 1 fully saturated rings. The van der Waals surface area contributed by atoms with E-state index < -0.39 is 0 Å². The molecule has 1 aliphatic rings. The zero-order chi connectivity index (χ0) is 15.7.